The van der Waals surface area contributed by atoms with Crippen LogP contribution in [0.1, 0.15) is 46.0 Å². The molecule has 0 nitrogen and oxygen atoms in total. The van der Waals surface area contributed by atoms with Crippen molar-refractivity contribution in [1.82, 2.24) is 0 Å². The molecule has 0 N–H and O–H groups in total. The fourth-order valence-corrected chi connectivity index (χ4v) is 2.26. The van der Waals surface area contributed by atoms with Gasteiger partial charge in [-0.1, -0.05) is 45.3 Å². The molecule has 0 heteroatoms. The van der Waals surface area contributed by atoms with Gasteiger partial charge >= 0.3 is 0 Å². The molecule has 1 fully saturated rings. The first-order valence-electron chi connectivity index (χ1n) is 4.93. The van der Waals surface area contributed by atoms with Crippen LogP contribution in [0, 0.1) is 11.8 Å². The normalized spacial score (nSPS) is 30.7. The highest BCUT2D eigenvalue weighted by Gasteiger charge is 2.24. The van der Waals surface area contributed by atoms with Gasteiger partial charge in [0.25, 0.3) is 0 Å². The van der Waals surface area contributed by atoms with Crippen LogP contribution in [0.4, 0.5) is 0 Å². The van der Waals surface area contributed by atoms with Crippen LogP contribution in [-0.4, -0.2) is 0 Å². The molecule has 0 radical (unpaired) electrons. The Bertz CT molecular complexity index is 135. The van der Waals surface area contributed by atoms with Gasteiger partial charge in [-0.3, -0.25) is 0 Å². The predicted molar refractivity (Wildman–Crippen MR) is 50.6 cm³/mol. The Labute approximate surface area is 70.7 Å². The van der Waals surface area contributed by atoms with Crippen LogP contribution in [0.15, 0.2) is 12.2 Å². The van der Waals surface area contributed by atoms with Crippen LogP contribution >= 0.6 is 0 Å². The van der Waals surface area contributed by atoms with Gasteiger partial charge < -0.3 is 0 Å². The molecule has 2 unspecified atom stereocenters. The molecule has 1 saturated carbocycles. The van der Waals surface area contributed by atoms with Crippen LogP contribution < -0.4 is 0 Å². The average Bonchev–Trinajstić information content (AvgIpc) is 2.36. The number of allylic oxidation sites excluding steroid dienone is 1. The van der Waals surface area contributed by atoms with Crippen molar-refractivity contribution in [2.75, 3.05) is 0 Å². The third-order valence-corrected chi connectivity index (χ3v) is 2.96. The Morgan fingerprint density at radius 3 is 2.64 bits per heavy atom. The molecular weight excluding hydrogens is 132 g/mol. The molecule has 0 spiro atoms. The Morgan fingerprint density at radius 2 is 2.18 bits per heavy atom. The minimum Gasteiger partial charge on any atom is -0.0996 e. The summed E-state index contributed by atoms with van der Waals surface area (Å²) in [7, 11) is 0. The van der Waals surface area contributed by atoms with E-state index in [1.165, 1.54) is 37.7 Å². The highest BCUT2D eigenvalue weighted by molar-refractivity contribution is 5.04. The van der Waals surface area contributed by atoms with Crippen molar-refractivity contribution in [2.24, 2.45) is 11.8 Å². The van der Waals surface area contributed by atoms with E-state index in [9.17, 15) is 0 Å². The summed E-state index contributed by atoms with van der Waals surface area (Å²) < 4.78 is 0. The van der Waals surface area contributed by atoms with Crippen molar-refractivity contribution in [3.8, 4) is 0 Å². The minimum atomic E-state index is 0.856. The van der Waals surface area contributed by atoms with Gasteiger partial charge in [0.2, 0.25) is 0 Å². The van der Waals surface area contributed by atoms with E-state index in [4.69, 9.17) is 0 Å². The second kappa shape index (κ2) is 3.94. The second-order valence-electron chi connectivity index (χ2n) is 3.92. The lowest BCUT2D eigenvalue weighted by Crippen LogP contribution is -2.06. The van der Waals surface area contributed by atoms with E-state index < -0.39 is 0 Å². The number of rotatable bonds is 3. The van der Waals surface area contributed by atoms with E-state index in [1.54, 1.807) is 0 Å². The van der Waals surface area contributed by atoms with Crippen molar-refractivity contribution in [1.29, 1.82) is 0 Å². The average molecular weight is 152 g/mol. The van der Waals surface area contributed by atoms with Crippen LogP contribution in [0.5, 0.6) is 0 Å². The third kappa shape index (κ3) is 2.08. The van der Waals surface area contributed by atoms with Gasteiger partial charge in [0.15, 0.2) is 0 Å². The fraction of sp³-hybridized carbons (Fsp3) is 0.818. The molecule has 64 valence electrons. The van der Waals surface area contributed by atoms with Crippen LogP contribution in [0.2, 0.25) is 0 Å². The third-order valence-electron chi connectivity index (χ3n) is 2.96. The largest absolute Gasteiger partial charge is 0.0996 e. The van der Waals surface area contributed by atoms with Gasteiger partial charge in [0, 0.05) is 0 Å². The Morgan fingerprint density at radius 1 is 1.45 bits per heavy atom. The first kappa shape index (κ1) is 8.83. The highest BCUT2D eigenvalue weighted by Crippen LogP contribution is 2.37. The van der Waals surface area contributed by atoms with Crippen LogP contribution in [-0.2, 0) is 0 Å². The summed E-state index contributed by atoms with van der Waals surface area (Å²) >= 11 is 0. The first-order chi connectivity index (χ1) is 5.25. The Balaban J connectivity index is 2.39. The number of hydrogen-bond acceptors (Lipinski definition) is 0. The van der Waals surface area contributed by atoms with E-state index in [2.05, 4.69) is 20.4 Å². The van der Waals surface area contributed by atoms with Gasteiger partial charge in [0.05, 0.1) is 0 Å². The maximum atomic E-state index is 4.18. The molecule has 1 aliphatic rings. The van der Waals surface area contributed by atoms with Gasteiger partial charge in [-0.2, -0.15) is 0 Å². The predicted octanol–water partition coefficient (Wildman–Crippen LogP) is 3.78. The summed E-state index contributed by atoms with van der Waals surface area (Å²) in [5.74, 6) is 1.77. The SMILES string of the molecule is C=C(CCC)C1CCCC1C. The van der Waals surface area contributed by atoms with Crippen molar-refractivity contribution in [3.63, 3.8) is 0 Å². The standard InChI is InChI=1S/C11H20/c1-4-6-9(2)11-8-5-7-10(11)3/h10-11H,2,4-8H2,1,3H3. The molecule has 0 saturated heterocycles. The molecule has 0 aromatic carbocycles. The van der Waals surface area contributed by atoms with Crippen LogP contribution in [0.25, 0.3) is 0 Å². The topological polar surface area (TPSA) is 0 Å². The summed E-state index contributed by atoms with van der Waals surface area (Å²) in [5, 5.41) is 0. The number of hydrogen-bond donors (Lipinski definition) is 0. The highest BCUT2D eigenvalue weighted by atomic mass is 14.3. The summed E-state index contributed by atoms with van der Waals surface area (Å²) in [6, 6.07) is 0. The molecule has 0 aliphatic heterocycles. The van der Waals surface area contributed by atoms with Crippen molar-refractivity contribution < 1.29 is 0 Å². The van der Waals surface area contributed by atoms with Gasteiger partial charge in [0.1, 0.15) is 0 Å². The zero-order valence-corrected chi connectivity index (χ0v) is 7.90. The molecule has 0 amide bonds. The lowest BCUT2D eigenvalue weighted by Gasteiger charge is -2.17. The van der Waals surface area contributed by atoms with Crippen molar-refractivity contribution in [3.05, 3.63) is 12.2 Å². The molecule has 2 atom stereocenters. The molecule has 0 aromatic heterocycles. The maximum absolute atomic E-state index is 4.18. The van der Waals surface area contributed by atoms with E-state index in [1.807, 2.05) is 0 Å². The molecule has 1 rings (SSSR count). The molecule has 1 aliphatic carbocycles. The lowest BCUT2D eigenvalue weighted by molar-refractivity contribution is 0.467. The Kier molecular flexibility index (Phi) is 3.16. The van der Waals surface area contributed by atoms with Gasteiger partial charge in [-0.25, -0.2) is 0 Å². The maximum Gasteiger partial charge on any atom is -0.0180 e. The van der Waals surface area contributed by atoms with E-state index in [0.717, 1.165) is 11.8 Å². The van der Waals surface area contributed by atoms with E-state index >= 15 is 0 Å². The minimum absolute atomic E-state index is 0.856. The van der Waals surface area contributed by atoms with E-state index in [0.29, 0.717) is 0 Å². The monoisotopic (exact) mass is 152 g/mol. The molecular formula is C11H20. The summed E-state index contributed by atoms with van der Waals surface area (Å²) in [6.07, 6.45) is 6.76. The molecule has 0 heterocycles. The quantitative estimate of drug-likeness (QED) is 0.540. The molecule has 11 heavy (non-hydrogen) atoms. The van der Waals surface area contributed by atoms with Crippen LogP contribution in [0.3, 0.4) is 0 Å². The summed E-state index contributed by atoms with van der Waals surface area (Å²) in [6.45, 7) is 8.79. The zero-order valence-electron chi connectivity index (χ0n) is 7.90. The second-order valence-corrected chi connectivity index (χ2v) is 3.92. The summed E-state index contributed by atoms with van der Waals surface area (Å²) in [4.78, 5) is 0. The lowest BCUT2D eigenvalue weighted by atomic mass is 9.88. The van der Waals surface area contributed by atoms with E-state index in [-0.39, 0.29) is 0 Å². The van der Waals surface area contributed by atoms with Crippen molar-refractivity contribution in [2.45, 2.75) is 46.0 Å². The van der Waals surface area contributed by atoms with Crippen molar-refractivity contribution >= 4 is 0 Å². The summed E-state index contributed by atoms with van der Waals surface area (Å²) in [5.41, 5.74) is 1.51. The van der Waals surface area contributed by atoms with Gasteiger partial charge in [-0.05, 0) is 24.7 Å². The fourth-order valence-electron chi connectivity index (χ4n) is 2.26. The Hall–Kier alpha value is -0.260. The molecule has 0 aromatic rings. The smallest absolute Gasteiger partial charge is 0.0180 e. The first-order valence-corrected chi connectivity index (χ1v) is 4.93. The molecule has 0 bridgehead atoms. The zero-order chi connectivity index (χ0) is 8.27. The van der Waals surface area contributed by atoms with Gasteiger partial charge in [-0.15, -0.1) is 0 Å².